The van der Waals surface area contributed by atoms with Gasteiger partial charge in [-0.3, -0.25) is 4.79 Å². The van der Waals surface area contributed by atoms with Gasteiger partial charge in [0.15, 0.2) is 11.5 Å². The Kier molecular flexibility index (Phi) is 5.63. The number of carbonyl (C=O) groups is 1. The lowest BCUT2D eigenvalue weighted by molar-refractivity contribution is 0.102. The lowest BCUT2D eigenvalue weighted by atomic mass is 10.1. The quantitative estimate of drug-likeness (QED) is 0.476. The van der Waals surface area contributed by atoms with Gasteiger partial charge < -0.3 is 20.2 Å². The van der Waals surface area contributed by atoms with Gasteiger partial charge >= 0.3 is 0 Å². The Labute approximate surface area is 185 Å². The predicted octanol–water partition coefficient (Wildman–Crippen LogP) is 3.75. The fourth-order valence-electron chi connectivity index (χ4n) is 3.24. The molecule has 0 fully saturated rings. The molecule has 9 nitrogen and oxygen atoms in total. The molecule has 2 aromatic carbocycles. The first-order valence-electron chi connectivity index (χ1n) is 10.0. The molecule has 4 aromatic rings. The maximum absolute atomic E-state index is 12.7. The van der Waals surface area contributed by atoms with E-state index in [1.807, 2.05) is 63.2 Å². The maximum Gasteiger partial charge on any atom is 0.280 e. The Bertz CT molecular complexity index is 1270. The Balaban J connectivity index is 1.53. The van der Waals surface area contributed by atoms with Crippen LogP contribution < -0.4 is 15.8 Å². The SMILES string of the molecule is COc1ccc(-c2nc(Cn3nnc(C(=O)Nc4cccc(C)c4C)c3N)c(C)o2)cc1. The van der Waals surface area contributed by atoms with Crippen LogP contribution in [0.3, 0.4) is 0 Å². The predicted molar refractivity (Wildman–Crippen MR) is 121 cm³/mol. The van der Waals surface area contributed by atoms with Crippen molar-refractivity contribution in [1.29, 1.82) is 0 Å². The largest absolute Gasteiger partial charge is 0.497 e. The maximum atomic E-state index is 12.7. The van der Waals surface area contributed by atoms with Gasteiger partial charge in [0.05, 0.1) is 13.7 Å². The van der Waals surface area contributed by atoms with E-state index in [0.29, 0.717) is 23.0 Å². The molecule has 2 heterocycles. The molecule has 0 bridgehead atoms. The molecule has 9 heteroatoms. The van der Waals surface area contributed by atoms with Crippen molar-refractivity contribution in [2.75, 3.05) is 18.2 Å². The second-order valence-corrected chi connectivity index (χ2v) is 7.43. The van der Waals surface area contributed by atoms with Gasteiger partial charge in [-0.2, -0.15) is 0 Å². The number of hydrogen-bond acceptors (Lipinski definition) is 7. The molecule has 0 saturated carbocycles. The number of ether oxygens (including phenoxy) is 1. The molecular formula is C23H24N6O3. The lowest BCUT2D eigenvalue weighted by Crippen LogP contribution is -2.16. The van der Waals surface area contributed by atoms with E-state index in [-0.39, 0.29) is 18.1 Å². The number of carbonyl (C=O) groups excluding carboxylic acids is 1. The Morgan fingerprint density at radius 2 is 1.91 bits per heavy atom. The molecule has 0 aliphatic rings. The smallest absolute Gasteiger partial charge is 0.280 e. The number of anilines is 2. The zero-order valence-electron chi connectivity index (χ0n) is 18.3. The molecule has 0 aliphatic heterocycles. The van der Waals surface area contributed by atoms with Crippen LogP contribution in [0.25, 0.3) is 11.5 Å². The second-order valence-electron chi connectivity index (χ2n) is 7.43. The van der Waals surface area contributed by atoms with Crippen molar-refractivity contribution < 1.29 is 13.9 Å². The summed E-state index contributed by atoms with van der Waals surface area (Å²) in [4.78, 5) is 17.3. The number of oxazole rings is 1. The summed E-state index contributed by atoms with van der Waals surface area (Å²) in [6.45, 7) is 5.96. The molecule has 0 unspecified atom stereocenters. The van der Waals surface area contributed by atoms with Crippen LogP contribution in [-0.2, 0) is 6.54 Å². The van der Waals surface area contributed by atoms with Crippen molar-refractivity contribution in [3.63, 3.8) is 0 Å². The fourth-order valence-corrected chi connectivity index (χ4v) is 3.24. The highest BCUT2D eigenvalue weighted by atomic mass is 16.5. The number of aryl methyl sites for hydroxylation is 2. The topological polar surface area (TPSA) is 121 Å². The fraction of sp³-hybridized carbons (Fsp3) is 0.217. The summed E-state index contributed by atoms with van der Waals surface area (Å²) in [6.07, 6.45) is 0. The van der Waals surface area contributed by atoms with Crippen LogP contribution >= 0.6 is 0 Å². The molecule has 1 amide bonds. The molecule has 0 spiro atoms. The van der Waals surface area contributed by atoms with E-state index in [4.69, 9.17) is 14.9 Å². The lowest BCUT2D eigenvalue weighted by Gasteiger charge is -2.09. The third-order valence-corrected chi connectivity index (χ3v) is 5.37. The van der Waals surface area contributed by atoms with Gasteiger partial charge in [0.25, 0.3) is 5.91 Å². The van der Waals surface area contributed by atoms with E-state index >= 15 is 0 Å². The Hall–Kier alpha value is -4.14. The van der Waals surface area contributed by atoms with Crippen LogP contribution in [0.1, 0.15) is 33.1 Å². The third kappa shape index (κ3) is 4.04. The van der Waals surface area contributed by atoms with Gasteiger partial charge in [-0.25, -0.2) is 9.67 Å². The standard InChI is InChI=1S/C23H24N6O3/c1-13-6-5-7-18(14(13)2)25-22(30)20-21(24)29(28-27-20)12-19-15(3)32-23(26-19)16-8-10-17(31-4)11-9-16/h5-11H,12,24H2,1-4H3,(H,25,30). The molecule has 164 valence electrons. The van der Waals surface area contributed by atoms with Crippen molar-refractivity contribution in [3.8, 4) is 17.2 Å². The summed E-state index contributed by atoms with van der Waals surface area (Å²) in [7, 11) is 1.61. The molecule has 0 saturated heterocycles. The van der Waals surface area contributed by atoms with Crippen molar-refractivity contribution >= 4 is 17.4 Å². The average molecular weight is 432 g/mol. The van der Waals surface area contributed by atoms with Crippen molar-refractivity contribution in [2.24, 2.45) is 0 Å². The number of nitrogens with one attached hydrogen (secondary N) is 1. The number of amides is 1. The highest BCUT2D eigenvalue weighted by Crippen LogP contribution is 2.25. The number of nitrogens with two attached hydrogens (primary N) is 1. The summed E-state index contributed by atoms with van der Waals surface area (Å²) < 4.78 is 12.4. The molecule has 0 atom stereocenters. The monoisotopic (exact) mass is 432 g/mol. The van der Waals surface area contributed by atoms with Crippen LogP contribution in [0, 0.1) is 20.8 Å². The van der Waals surface area contributed by atoms with Gasteiger partial charge in [-0.15, -0.1) is 5.10 Å². The number of nitrogens with zero attached hydrogens (tertiary/aromatic N) is 4. The molecule has 4 rings (SSSR count). The number of benzene rings is 2. The molecule has 2 aromatic heterocycles. The number of aromatic nitrogens is 4. The Morgan fingerprint density at radius 3 is 2.62 bits per heavy atom. The number of hydrogen-bond donors (Lipinski definition) is 2. The van der Waals surface area contributed by atoms with Crippen LogP contribution in [0.5, 0.6) is 5.75 Å². The van der Waals surface area contributed by atoms with Gasteiger partial charge in [-0.05, 0) is 62.2 Å². The van der Waals surface area contributed by atoms with Crippen LogP contribution in [0.2, 0.25) is 0 Å². The first-order valence-corrected chi connectivity index (χ1v) is 10.0. The van der Waals surface area contributed by atoms with E-state index in [1.165, 1.54) is 4.68 Å². The van der Waals surface area contributed by atoms with Crippen LogP contribution in [0.4, 0.5) is 11.5 Å². The van der Waals surface area contributed by atoms with Crippen LogP contribution in [0.15, 0.2) is 46.9 Å². The highest BCUT2D eigenvalue weighted by molar-refractivity contribution is 6.06. The summed E-state index contributed by atoms with van der Waals surface area (Å²) in [5.74, 6) is 1.59. The normalized spacial score (nSPS) is 10.9. The Morgan fingerprint density at radius 1 is 1.16 bits per heavy atom. The first-order chi connectivity index (χ1) is 15.4. The number of rotatable bonds is 6. The minimum atomic E-state index is -0.418. The number of methoxy groups -OCH3 is 1. The summed E-state index contributed by atoms with van der Waals surface area (Å²) in [6, 6.07) is 13.1. The summed E-state index contributed by atoms with van der Waals surface area (Å²) in [5, 5.41) is 10.9. The molecule has 32 heavy (non-hydrogen) atoms. The minimum absolute atomic E-state index is 0.0578. The average Bonchev–Trinajstić information content (AvgIpc) is 3.34. The summed E-state index contributed by atoms with van der Waals surface area (Å²) >= 11 is 0. The molecule has 0 aliphatic carbocycles. The first kappa shape index (κ1) is 21.1. The molecule has 0 radical (unpaired) electrons. The van der Waals surface area contributed by atoms with E-state index in [9.17, 15) is 4.79 Å². The van der Waals surface area contributed by atoms with Crippen molar-refractivity contribution in [2.45, 2.75) is 27.3 Å². The summed E-state index contributed by atoms with van der Waals surface area (Å²) in [5.41, 5.74) is 10.5. The third-order valence-electron chi connectivity index (χ3n) is 5.37. The molecule has 3 N–H and O–H groups in total. The minimum Gasteiger partial charge on any atom is -0.497 e. The number of nitrogen functional groups attached to an aromatic ring is 1. The zero-order valence-corrected chi connectivity index (χ0v) is 18.3. The van der Waals surface area contributed by atoms with E-state index < -0.39 is 5.91 Å². The van der Waals surface area contributed by atoms with Gasteiger partial charge in [-0.1, -0.05) is 17.3 Å². The van der Waals surface area contributed by atoms with Gasteiger partial charge in [0.2, 0.25) is 5.89 Å². The van der Waals surface area contributed by atoms with E-state index in [1.54, 1.807) is 7.11 Å². The van der Waals surface area contributed by atoms with E-state index in [2.05, 4.69) is 20.6 Å². The van der Waals surface area contributed by atoms with Crippen molar-refractivity contribution in [1.82, 2.24) is 20.0 Å². The second kappa shape index (κ2) is 8.54. The van der Waals surface area contributed by atoms with E-state index in [0.717, 1.165) is 22.4 Å². The van der Waals surface area contributed by atoms with Gasteiger partial charge in [0, 0.05) is 11.3 Å². The van der Waals surface area contributed by atoms with Crippen molar-refractivity contribution in [3.05, 3.63) is 70.7 Å². The molecular weight excluding hydrogens is 408 g/mol. The zero-order chi connectivity index (χ0) is 22.8. The highest BCUT2D eigenvalue weighted by Gasteiger charge is 2.20. The van der Waals surface area contributed by atoms with Crippen LogP contribution in [-0.4, -0.2) is 33.0 Å². The van der Waals surface area contributed by atoms with Gasteiger partial charge in [0.1, 0.15) is 17.2 Å².